The number of hydrogen-bond acceptors (Lipinski definition) is 2. The van der Waals surface area contributed by atoms with Gasteiger partial charge in [0.2, 0.25) is 0 Å². The second-order valence-electron chi connectivity index (χ2n) is 5.00. The van der Waals surface area contributed by atoms with Crippen LogP contribution < -0.4 is 5.32 Å². The minimum atomic E-state index is -0.0803. The molecule has 0 aliphatic heterocycles. The minimum absolute atomic E-state index is 0.0803. The fourth-order valence-corrected chi connectivity index (χ4v) is 2.52. The number of rotatable bonds is 4. The fourth-order valence-electron chi connectivity index (χ4n) is 1.84. The van der Waals surface area contributed by atoms with Crippen molar-refractivity contribution in [3.63, 3.8) is 0 Å². The lowest BCUT2D eigenvalue weighted by atomic mass is 9.94. The van der Waals surface area contributed by atoms with Crippen molar-refractivity contribution < 1.29 is 0 Å². The summed E-state index contributed by atoms with van der Waals surface area (Å²) in [5.74, 6) is 0. The van der Waals surface area contributed by atoms with Crippen LogP contribution in [-0.4, -0.2) is 4.98 Å². The van der Waals surface area contributed by atoms with Crippen molar-refractivity contribution in [3.05, 3.63) is 62.8 Å². The van der Waals surface area contributed by atoms with Gasteiger partial charge in [0.1, 0.15) is 0 Å². The van der Waals surface area contributed by atoms with Crippen LogP contribution in [0.15, 0.2) is 51.7 Å². The molecule has 0 unspecified atom stereocenters. The van der Waals surface area contributed by atoms with E-state index in [-0.39, 0.29) is 5.54 Å². The minimum Gasteiger partial charge on any atom is -0.304 e. The lowest BCUT2D eigenvalue weighted by Crippen LogP contribution is -2.35. The van der Waals surface area contributed by atoms with E-state index in [0.717, 1.165) is 15.5 Å². The van der Waals surface area contributed by atoms with Gasteiger partial charge in [-0.2, -0.15) is 0 Å². The molecule has 0 amide bonds. The van der Waals surface area contributed by atoms with Gasteiger partial charge in [0.05, 0.1) is 0 Å². The van der Waals surface area contributed by atoms with E-state index in [1.807, 2.05) is 6.20 Å². The van der Waals surface area contributed by atoms with Gasteiger partial charge < -0.3 is 5.32 Å². The van der Waals surface area contributed by atoms with Crippen molar-refractivity contribution >= 4 is 31.9 Å². The van der Waals surface area contributed by atoms with E-state index in [4.69, 9.17) is 0 Å². The largest absolute Gasteiger partial charge is 0.304 e. The Morgan fingerprint density at radius 2 is 1.74 bits per heavy atom. The molecular weight excluding hydrogens is 368 g/mol. The molecule has 19 heavy (non-hydrogen) atoms. The van der Waals surface area contributed by atoms with Crippen LogP contribution in [0.2, 0.25) is 0 Å². The second-order valence-corrected chi connectivity index (χ2v) is 6.83. The highest BCUT2D eigenvalue weighted by molar-refractivity contribution is 9.10. The highest BCUT2D eigenvalue weighted by atomic mass is 79.9. The van der Waals surface area contributed by atoms with Crippen molar-refractivity contribution in [2.75, 3.05) is 0 Å². The molecule has 0 fully saturated rings. The number of halogens is 2. The molecule has 0 bridgehead atoms. The lowest BCUT2D eigenvalue weighted by molar-refractivity contribution is 0.401. The van der Waals surface area contributed by atoms with Gasteiger partial charge in [0, 0.05) is 33.4 Å². The summed E-state index contributed by atoms with van der Waals surface area (Å²) in [4.78, 5) is 4.18. The van der Waals surface area contributed by atoms with Crippen LogP contribution in [0.5, 0.6) is 0 Å². The van der Waals surface area contributed by atoms with E-state index in [2.05, 4.69) is 86.3 Å². The molecule has 0 spiro atoms. The molecule has 0 atom stereocenters. The van der Waals surface area contributed by atoms with Crippen LogP contribution in [0.25, 0.3) is 0 Å². The van der Waals surface area contributed by atoms with Crippen molar-refractivity contribution in [1.82, 2.24) is 10.3 Å². The van der Waals surface area contributed by atoms with Crippen LogP contribution in [0.1, 0.15) is 25.0 Å². The number of hydrogen-bond donors (Lipinski definition) is 1. The van der Waals surface area contributed by atoms with Crippen LogP contribution in [-0.2, 0) is 12.1 Å². The lowest BCUT2D eigenvalue weighted by Gasteiger charge is -2.27. The van der Waals surface area contributed by atoms with Crippen LogP contribution in [0.3, 0.4) is 0 Å². The molecule has 4 heteroatoms. The molecule has 2 nitrogen and oxygen atoms in total. The number of nitrogens with one attached hydrogen (secondary N) is 1. The van der Waals surface area contributed by atoms with E-state index in [0.29, 0.717) is 0 Å². The Morgan fingerprint density at radius 3 is 2.37 bits per heavy atom. The number of aromatic nitrogens is 1. The molecule has 1 N–H and O–H groups in total. The van der Waals surface area contributed by atoms with Gasteiger partial charge >= 0.3 is 0 Å². The van der Waals surface area contributed by atoms with Gasteiger partial charge in [0.15, 0.2) is 0 Å². The van der Waals surface area contributed by atoms with Gasteiger partial charge in [-0.15, -0.1) is 0 Å². The highest BCUT2D eigenvalue weighted by Crippen LogP contribution is 2.22. The first-order valence-corrected chi connectivity index (χ1v) is 7.66. The smallest absolute Gasteiger partial charge is 0.0410 e. The molecular formula is C15H16Br2N2. The first kappa shape index (κ1) is 14.7. The molecule has 0 saturated heterocycles. The Hall–Kier alpha value is -0.710. The highest BCUT2D eigenvalue weighted by Gasteiger charge is 2.19. The third-order valence-electron chi connectivity index (χ3n) is 3.06. The summed E-state index contributed by atoms with van der Waals surface area (Å²) in [5.41, 5.74) is 2.35. The molecule has 0 radical (unpaired) electrons. The van der Waals surface area contributed by atoms with Gasteiger partial charge in [0.25, 0.3) is 0 Å². The van der Waals surface area contributed by atoms with Crippen LogP contribution >= 0.6 is 31.9 Å². The van der Waals surface area contributed by atoms with E-state index in [9.17, 15) is 0 Å². The maximum absolute atomic E-state index is 4.18. The summed E-state index contributed by atoms with van der Waals surface area (Å²) >= 11 is 6.90. The van der Waals surface area contributed by atoms with Crippen molar-refractivity contribution in [1.29, 1.82) is 0 Å². The summed E-state index contributed by atoms with van der Waals surface area (Å²) < 4.78 is 2.11. The first-order valence-electron chi connectivity index (χ1n) is 6.08. The Kier molecular flexibility index (Phi) is 4.76. The normalized spacial score (nSPS) is 11.6. The molecule has 100 valence electrons. The number of benzene rings is 1. The number of pyridine rings is 1. The number of nitrogens with zero attached hydrogens (tertiary/aromatic N) is 1. The molecule has 1 aromatic carbocycles. The van der Waals surface area contributed by atoms with Gasteiger partial charge in [-0.3, -0.25) is 4.98 Å². The molecule has 2 aromatic rings. The predicted octanol–water partition coefficient (Wildman–Crippen LogP) is 4.63. The fraction of sp³-hybridized carbons (Fsp3) is 0.267. The Morgan fingerprint density at radius 1 is 1.05 bits per heavy atom. The third-order valence-corrected chi connectivity index (χ3v) is 4.02. The predicted molar refractivity (Wildman–Crippen MR) is 85.9 cm³/mol. The average molecular weight is 384 g/mol. The zero-order chi connectivity index (χ0) is 13.9. The summed E-state index contributed by atoms with van der Waals surface area (Å²) in [5, 5.41) is 3.56. The quantitative estimate of drug-likeness (QED) is 0.832. The molecule has 0 saturated carbocycles. The van der Waals surface area contributed by atoms with Gasteiger partial charge in [-0.05, 0) is 59.1 Å². The molecule has 0 aliphatic carbocycles. The van der Waals surface area contributed by atoms with E-state index in [1.54, 1.807) is 6.20 Å². The van der Waals surface area contributed by atoms with Gasteiger partial charge in [-0.25, -0.2) is 0 Å². The van der Waals surface area contributed by atoms with Crippen molar-refractivity contribution in [2.45, 2.75) is 25.9 Å². The van der Waals surface area contributed by atoms with E-state index < -0.39 is 0 Å². The Labute approximate surface area is 130 Å². The molecule has 2 rings (SSSR count). The maximum atomic E-state index is 4.18. The standard InChI is InChI=1S/C15H16Br2N2/c1-15(2,12-3-5-13(16)6-4-12)19-9-11-7-14(17)10-18-8-11/h3-8,10,19H,9H2,1-2H3. The SMILES string of the molecule is CC(C)(NCc1cncc(Br)c1)c1ccc(Br)cc1. The summed E-state index contributed by atoms with van der Waals surface area (Å²) in [7, 11) is 0. The summed E-state index contributed by atoms with van der Waals surface area (Å²) in [6, 6.07) is 10.5. The van der Waals surface area contributed by atoms with E-state index >= 15 is 0 Å². The third kappa shape index (κ3) is 4.13. The first-order chi connectivity index (χ1) is 8.97. The van der Waals surface area contributed by atoms with Gasteiger partial charge in [-0.1, -0.05) is 28.1 Å². The maximum Gasteiger partial charge on any atom is 0.0410 e. The monoisotopic (exact) mass is 382 g/mol. The summed E-state index contributed by atoms with van der Waals surface area (Å²) in [6.45, 7) is 5.15. The van der Waals surface area contributed by atoms with E-state index in [1.165, 1.54) is 11.1 Å². The van der Waals surface area contributed by atoms with Crippen molar-refractivity contribution in [3.8, 4) is 0 Å². The van der Waals surface area contributed by atoms with Crippen LogP contribution in [0, 0.1) is 0 Å². The topological polar surface area (TPSA) is 24.9 Å². The van der Waals surface area contributed by atoms with Crippen LogP contribution in [0.4, 0.5) is 0 Å². The molecule has 1 aromatic heterocycles. The molecule has 0 aliphatic rings. The molecule has 1 heterocycles. The zero-order valence-electron chi connectivity index (χ0n) is 11.0. The average Bonchev–Trinajstić information content (AvgIpc) is 2.37. The zero-order valence-corrected chi connectivity index (χ0v) is 14.1. The Balaban J connectivity index is 2.07. The second kappa shape index (κ2) is 6.16. The Bertz CT molecular complexity index is 550. The van der Waals surface area contributed by atoms with Crippen molar-refractivity contribution in [2.24, 2.45) is 0 Å². The summed E-state index contributed by atoms with van der Waals surface area (Å²) in [6.07, 6.45) is 3.68.